The molecule has 6 nitrogen and oxygen atoms in total. The predicted octanol–water partition coefficient (Wildman–Crippen LogP) is 17.4. The number of allylic oxidation sites excluding steroid dienone is 2. The van der Waals surface area contributed by atoms with E-state index < -0.39 is 0 Å². The number of carbonyl (C=O) groups is 2. The Morgan fingerprint density at radius 1 is 0.438 bits per heavy atom. The van der Waals surface area contributed by atoms with Gasteiger partial charge in [0.1, 0.15) is 11.5 Å². The molecule has 3 rings (SSSR count). The van der Waals surface area contributed by atoms with Crippen LogP contribution in [0.2, 0.25) is 0 Å². The van der Waals surface area contributed by atoms with Gasteiger partial charge in [0.15, 0.2) is 11.6 Å². The van der Waals surface area contributed by atoms with Crippen molar-refractivity contribution in [3.8, 4) is 11.5 Å². The molecule has 0 radical (unpaired) electrons. The van der Waals surface area contributed by atoms with Crippen molar-refractivity contribution in [2.45, 2.75) is 207 Å². The first-order valence-corrected chi connectivity index (χ1v) is 26.0. The zero-order valence-electron chi connectivity index (χ0n) is 40.9. The number of benzene rings is 3. The Labute approximate surface area is 390 Å². The van der Waals surface area contributed by atoms with Gasteiger partial charge in [0, 0.05) is 41.7 Å². The van der Waals surface area contributed by atoms with Gasteiger partial charge in [-0.15, -0.1) is 0 Å². The molecule has 3 aromatic rings. The lowest BCUT2D eigenvalue weighted by molar-refractivity contribution is 0.103. The number of ketones is 2. The summed E-state index contributed by atoms with van der Waals surface area (Å²) < 4.78 is 12.5. The van der Waals surface area contributed by atoms with E-state index >= 15 is 0 Å². The molecule has 0 fully saturated rings. The predicted molar refractivity (Wildman–Crippen MR) is 275 cm³/mol. The van der Waals surface area contributed by atoms with E-state index in [4.69, 9.17) is 9.47 Å². The minimum Gasteiger partial charge on any atom is -0.494 e. The fourth-order valence-electron chi connectivity index (χ4n) is 8.05. The van der Waals surface area contributed by atoms with Crippen LogP contribution in [-0.4, -0.2) is 24.8 Å². The molecule has 3 aromatic carbocycles. The Bertz CT molecular complexity index is 1580. The van der Waals surface area contributed by atoms with E-state index in [0.29, 0.717) is 24.3 Å². The summed E-state index contributed by atoms with van der Waals surface area (Å²) >= 11 is 0. The van der Waals surface area contributed by atoms with Crippen LogP contribution in [0.15, 0.2) is 85.2 Å². The molecule has 64 heavy (non-hydrogen) atoms. The molecule has 0 aromatic heterocycles. The van der Waals surface area contributed by atoms with Gasteiger partial charge in [-0.25, -0.2) is 0 Å². The summed E-state index contributed by atoms with van der Waals surface area (Å²) in [5, 5.41) is 6.81. The highest BCUT2D eigenvalue weighted by atomic mass is 16.5. The number of hydrogen-bond donors (Lipinski definition) is 2. The fourth-order valence-corrected chi connectivity index (χ4v) is 8.05. The van der Waals surface area contributed by atoms with Gasteiger partial charge >= 0.3 is 0 Å². The van der Waals surface area contributed by atoms with E-state index in [9.17, 15) is 9.59 Å². The highest BCUT2D eigenvalue weighted by molar-refractivity contribution is 6.05. The lowest BCUT2D eigenvalue weighted by atomic mass is 10.0. The Balaban J connectivity index is 1.73. The number of aryl methyl sites for hydroxylation is 2. The summed E-state index contributed by atoms with van der Waals surface area (Å²) in [4.78, 5) is 26.6. The van der Waals surface area contributed by atoms with E-state index in [0.717, 1.165) is 67.0 Å². The van der Waals surface area contributed by atoms with Crippen LogP contribution >= 0.6 is 0 Å². The van der Waals surface area contributed by atoms with Crippen molar-refractivity contribution >= 4 is 22.9 Å². The molecule has 0 saturated carbocycles. The van der Waals surface area contributed by atoms with Crippen LogP contribution in [0.1, 0.15) is 226 Å². The maximum atomic E-state index is 13.3. The van der Waals surface area contributed by atoms with E-state index in [1.807, 2.05) is 36.4 Å². The molecule has 0 atom stereocenters. The molecule has 354 valence electrons. The first kappa shape index (κ1) is 54.0. The molecule has 0 heterocycles. The van der Waals surface area contributed by atoms with Crippen LogP contribution in [0.3, 0.4) is 0 Å². The topological polar surface area (TPSA) is 76.7 Å². The van der Waals surface area contributed by atoms with Crippen LogP contribution < -0.4 is 20.1 Å². The largest absolute Gasteiger partial charge is 0.494 e. The van der Waals surface area contributed by atoms with Crippen molar-refractivity contribution in [1.29, 1.82) is 0 Å². The van der Waals surface area contributed by atoms with Crippen molar-refractivity contribution in [1.82, 2.24) is 0 Å². The first-order valence-electron chi connectivity index (χ1n) is 26.0. The minimum atomic E-state index is -0.0986. The van der Waals surface area contributed by atoms with Gasteiger partial charge in [-0.1, -0.05) is 193 Å². The molecule has 0 aliphatic carbocycles. The fraction of sp³-hybridized carbons (Fsp3) is 0.586. The Morgan fingerprint density at radius 2 is 0.828 bits per heavy atom. The van der Waals surface area contributed by atoms with Gasteiger partial charge in [-0.3, -0.25) is 9.59 Å². The van der Waals surface area contributed by atoms with Crippen LogP contribution in [0.5, 0.6) is 11.5 Å². The Morgan fingerprint density at radius 3 is 1.31 bits per heavy atom. The van der Waals surface area contributed by atoms with Crippen molar-refractivity contribution in [2.75, 3.05) is 23.8 Å². The van der Waals surface area contributed by atoms with Gasteiger partial charge in [-0.2, -0.15) is 0 Å². The third-order valence-corrected chi connectivity index (χ3v) is 12.2. The second kappa shape index (κ2) is 36.0. The number of unbranched alkanes of at least 4 members (excludes halogenated alkanes) is 22. The van der Waals surface area contributed by atoms with Crippen LogP contribution in [-0.2, 0) is 12.8 Å². The monoisotopic (exact) mass is 877 g/mol. The summed E-state index contributed by atoms with van der Waals surface area (Å²) in [6.45, 7) is 10.4. The van der Waals surface area contributed by atoms with E-state index in [2.05, 4.69) is 62.6 Å². The normalized spacial score (nSPS) is 11.4. The summed E-state index contributed by atoms with van der Waals surface area (Å²) in [6.07, 6.45) is 40.8. The number of hydrogen-bond acceptors (Lipinski definition) is 6. The van der Waals surface area contributed by atoms with Crippen LogP contribution in [0, 0.1) is 0 Å². The van der Waals surface area contributed by atoms with E-state index in [1.54, 1.807) is 24.6 Å². The first-order chi connectivity index (χ1) is 31.5. The zero-order valence-corrected chi connectivity index (χ0v) is 40.9. The van der Waals surface area contributed by atoms with Crippen molar-refractivity contribution in [3.05, 3.63) is 107 Å². The smallest absolute Gasteiger partial charge is 0.187 e. The zero-order chi connectivity index (χ0) is 45.7. The third-order valence-electron chi connectivity index (χ3n) is 12.2. The molecule has 0 amide bonds. The summed E-state index contributed by atoms with van der Waals surface area (Å²) in [6, 6.07) is 19.7. The molecule has 0 aliphatic heterocycles. The molecular formula is C58H88N2O4. The Kier molecular flexibility index (Phi) is 30.4. The standard InChI is InChI=1S/C58H88N2O4/c1-5-9-13-17-21-23-27-31-49-33-35-50(36-34-49)56(61)41-43-59-54-47-52(32-28-24-22-18-14-10-6-2)58(64-46-30-26-20-16-12-8-4)48-55(54)60-44-42-57(62)51-37-39-53(40-38-51)63-45-29-25-19-15-11-7-3/h33-44,47-48,59-60H,5-32,45-46H2,1-4H3/b43-41-,44-42-. The van der Waals surface area contributed by atoms with Crippen LogP contribution in [0.4, 0.5) is 11.4 Å². The third kappa shape index (κ3) is 24.1. The van der Waals surface area contributed by atoms with Crippen LogP contribution in [0.25, 0.3) is 0 Å². The van der Waals surface area contributed by atoms with Crippen molar-refractivity contribution < 1.29 is 19.1 Å². The molecule has 0 saturated heterocycles. The molecule has 0 bridgehead atoms. The quantitative estimate of drug-likeness (QED) is 0.0337. The average Bonchev–Trinajstić information content (AvgIpc) is 3.31. The molecule has 6 heteroatoms. The highest BCUT2D eigenvalue weighted by Crippen LogP contribution is 2.33. The summed E-state index contributed by atoms with van der Waals surface area (Å²) in [7, 11) is 0. The van der Waals surface area contributed by atoms with E-state index in [1.165, 1.54) is 147 Å². The van der Waals surface area contributed by atoms with Crippen molar-refractivity contribution in [3.63, 3.8) is 0 Å². The molecular weight excluding hydrogens is 789 g/mol. The number of nitrogens with one attached hydrogen (secondary N) is 2. The lowest BCUT2D eigenvalue weighted by Crippen LogP contribution is -2.05. The lowest BCUT2D eigenvalue weighted by Gasteiger charge is -2.17. The minimum absolute atomic E-state index is 0.0454. The van der Waals surface area contributed by atoms with E-state index in [-0.39, 0.29) is 11.6 Å². The van der Waals surface area contributed by atoms with Gasteiger partial charge < -0.3 is 20.1 Å². The second-order valence-corrected chi connectivity index (χ2v) is 17.9. The van der Waals surface area contributed by atoms with Crippen molar-refractivity contribution in [2.24, 2.45) is 0 Å². The highest BCUT2D eigenvalue weighted by Gasteiger charge is 2.12. The molecule has 2 N–H and O–H groups in total. The average molecular weight is 877 g/mol. The van der Waals surface area contributed by atoms with Gasteiger partial charge in [0.25, 0.3) is 0 Å². The van der Waals surface area contributed by atoms with Gasteiger partial charge in [0.05, 0.1) is 24.6 Å². The second-order valence-electron chi connectivity index (χ2n) is 17.9. The van der Waals surface area contributed by atoms with Gasteiger partial charge in [0.2, 0.25) is 0 Å². The number of anilines is 2. The summed E-state index contributed by atoms with van der Waals surface area (Å²) in [5.41, 5.74) is 5.31. The molecule has 0 aliphatic rings. The number of carbonyl (C=O) groups excluding carboxylic acids is 2. The Hall–Kier alpha value is -4.32. The summed E-state index contributed by atoms with van der Waals surface area (Å²) in [5.74, 6) is 1.52. The SMILES string of the molecule is CCCCCCCCCc1ccc(C(=O)/C=C\Nc2cc(CCCCCCCCC)c(OCCCCCCCC)cc2N/C=C\C(=O)c2ccc(OCCCCCCCC)cc2)cc1. The maximum Gasteiger partial charge on any atom is 0.187 e. The molecule has 0 unspecified atom stereocenters. The number of ether oxygens (including phenoxy) is 2. The molecule has 0 spiro atoms. The van der Waals surface area contributed by atoms with Gasteiger partial charge in [-0.05, 0) is 80.0 Å². The number of rotatable bonds is 40. The maximum absolute atomic E-state index is 13.3.